The topological polar surface area (TPSA) is 56.1 Å². The number of aromatic nitrogens is 4. The Bertz CT molecular complexity index is 699. The summed E-state index contributed by atoms with van der Waals surface area (Å²) in [6.07, 6.45) is 0.399. The first kappa shape index (κ1) is 16.2. The van der Waals surface area contributed by atoms with Gasteiger partial charge in [0.2, 0.25) is 0 Å². The van der Waals surface area contributed by atoms with Gasteiger partial charge in [-0.2, -0.15) is 5.10 Å². The van der Waals surface area contributed by atoms with Crippen molar-refractivity contribution in [2.45, 2.75) is 66.2 Å². The molecule has 6 heteroatoms. The Morgan fingerprint density at radius 2 is 1.83 bits per heavy atom. The van der Waals surface area contributed by atoms with Crippen LogP contribution in [-0.2, 0) is 11.3 Å². The number of hydrogen-bond acceptors (Lipinski definition) is 5. The molecule has 2 atom stereocenters. The standard InChI is InChI=1S/C17H27N5O/c1-7-22-15-14(13(6)20-22)18-16(10(2)3)19-17(15)21-8-11(4)23-12(5)9-21/h10-12H,7-9H2,1-6H3/t11-,12-/m0/s1. The summed E-state index contributed by atoms with van der Waals surface area (Å²) in [5.41, 5.74) is 3.00. The van der Waals surface area contributed by atoms with E-state index in [9.17, 15) is 0 Å². The highest BCUT2D eigenvalue weighted by molar-refractivity contribution is 5.88. The van der Waals surface area contributed by atoms with Crippen LogP contribution in [0.2, 0.25) is 0 Å². The molecule has 1 aliphatic rings. The minimum atomic E-state index is 0.199. The van der Waals surface area contributed by atoms with Crippen molar-refractivity contribution in [2.24, 2.45) is 0 Å². The maximum Gasteiger partial charge on any atom is 0.158 e. The molecule has 0 bridgehead atoms. The van der Waals surface area contributed by atoms with Gasteiger partial charge < -0.3 is 9.64 Å². The van der Waals surface area contributed by atoms with Gasteiger partial charge in [0.15, 0.2) is 5.82 Å². The molecule has 0 aromatic carbocycles. The number of anilines is 1. The van der Waals surface area contributed by atoms with E-state index in [-0.39, 0.29) is 12.2 Å². The quantitative estimate of drug-likeness (QED) is 0.871. The number of morpholine rings is 1. The maximum absolute atomic E-state index is 5.88. The van der Waals surface area contributed by atoms with Crippen LogP contribution in [0.15, 0.2) is 0 Å². The average Bonchev–Trinajstić information content (AvgIpc) is 2.82. The van der Waals surface area contributed by atoms with E-state index >= 15 is 0 Å². The highest BCUT2D eigenvalue weighted by atomic mass is 16.5. The molecule has 0 spiro atoms. The van der Waals surface area contributed by atoms with Gasteiger partial charge in [-0.15, -0.1) is 0 Å². The smallest absolute Gasteiger partial charge is 0.158 e. The van der Waals surface area contributed by atoms with E-state index < -0.39 is 0 Å². The highest BCUT2D eigenvalue weighted by Crippen LogP contribution is 2.30. The zero-order valence-electron chi connectivity index (χ0n) is 15.0. The minimum absolute atomic E-state index is 0.199. The molecule has 0 radical (unpaired) electrons. The van der Waals surface area contributed by atoms with Crippen LogP contribution < -0.4 is 4.90 Å². The number of nitrogens with zero attached hydrogens (tertiary/aromatic N) is 5. The number of fused-ring (bicyclic) bond motifs is 1. The number of rotatable bonds is 3. The monoisotopic (exact) mass is 317 g/mol. The Morgan fingerprint density at radius 1 is 1.17 bits per heavy atom. The van der Waals surface area contributed by atoms with E-state index in [1.165, 1.54) is 0 Å². The van der Waals surface area contributed by atoms with Crippen molar-refractivity contribution >= 4 is 16.9 Å². The number of ether oxygens (including phenoxy) is 1. The Kier molecular flexibility index (Phi) is 4.27. The first-order valence-electron chi connectivity index (χ1n) is 8.56. The lowest BCUT2D eigenvalue weighted by atomic mass is 10.2. The first-order chi connectivity index (χ1) is 10.9. The molecular weight excluding hydrogens is 290 g/mol. The van der Waals surface area contributed by atoms with E-state index in [0.717, 1.165) is 48.0 Å². The Hall–Kier alpha value is -1.69. The molecule has 0 aliphatic carbocycles. The molecule has 126 valence electrons. The van der Waals surface area contributed by atoms with E-state index in [4.69, 9.17) is 14.7 Å². The second kappa shape index (κ2) is 6.07. The molecule has 1 fully saturated rings. The highest BCUT2D eigenvalue weighted by Gasteiger charge is 2.27. The molecule has 3 heterocycles. The second-order valence-electron chi connectivity index (χ2n) is 6.82. The molecule has 0 unspecified atom stereocenters. The number of aryl methyl sites for hydroxylation is 2. The van der Waals surface area contributed by atoms with Crippen molar-refractivity contribution in [3.05, 3.63) is 11.5 Å². The summed E-state index contributed by atoms with van der Waals surface area (Å²) in [7, 11) is 0. The molecule has 2 aromatic heterocycles. The zero-order valence-corrected chi connectivity index (χ0v) is 15.0. The lowest BCUT2D eigenvalue weighted by Gasteiger charge is -2.36. The number of hydrogen-bond donors (Lipinski definition) is 0. The van der Waals surface area contributed by atoms with Gasteiger partial charge in [0.1, 0.15) is 16.9 Å². The van der Waals surface area contributed by atoms with Crippen molar-refractivity contribution in [1.82, 2.24) is 19.7 Å². The maximum atomic E-state index is 5.88. The molecule has 0 N–H and O–H groups in total. The molecule has 0 amide bonds. The molecule has 0 saturated carbocycles. The van der Waals surface area contributed by atoms with Crippen LogP contribution in [0.25, 0.3) is 11.0 Å². The zero-order chi connectivity index (χ0) is 16.7. The Morgan fingerprint density at radius 3 is 2.39 bits per heavy atom. The van der Waals surface area contributed by atoms with Gasteiger partial charge in [-0.3, -0.25) is 4.68 Å². The van der Waals surface area contributed by atoms with Gasteiger partial charge in [0.25, 0.3) is 0 Å². The van der Waals surface area contributed by atoms with Crippen LogP contribution >= 0.6 is 0 Å². The lowest BCUT2D eigenvalue weighted by Crippen LogP contribution is -2.46. The Labute approximate surface area is 137 Å². The van der Waals surface area contributed by atoms with Gasteiger partial charge in [0.05, 0.1) is 17.9 Å². The molecule has 2 aromatic rings. The van der Waals surface area contributed by atoms with E-state index in [1.54, 1.807) is 0 Å². The minimum Gasteiger partial charge on any atom is -0.372 e. The van der Waals surface area contributed by atoms with Crippen molar-refractivity contribution in [1.29, 1.82) is 0 Å². The van der Waals surface area contributed by atoms with E-state index in [0.29, 0.717) is 5.92 Å². The fourth-order valence-corrected chi connectivity index (χ4v) is 3.29. The van der Waals surface area contributed by atoms with Crippen molar-refractivity contribution in [2.75, 3.05) is 18.0 Å². The molecule has 1 aliphatic heterocycles. The van der Waals surface area contributed by atoms with E-state index in [1.807, 2.05) is 11.6 Å². The van der Waals surface area contributed by atoms with Gasteiger partial charge in [0, 0.05) is 25.6 Å². The van der Waals surface area contributed by atoms with Crippen molar-refractivity contribution < 1.29 is 4.74 Å². The first-order valence-corrected chi connectivity index (χ1v) is 8.56. The SMILES string of the molecule is CCn1nc(C)c2nc(C(C)C)nc(N3C[C@H](C)O[C@@H](C)C3)c21. The summed E-state index contributed by atoms with van der Waals surface area (Å²) in [4.78, 5) is 12.0. The summed E-state index contributed by atoms with van der Waals surface area (Å²) in [6, 6.07) is 0. The molecule has 3 rings (SSSR count). The van der Waals surface area contributed by atoms with E-state index in [2.05, 4.69) is 44.6 Å². The van der Waals surface area contributed by atoms with Crippen molar-refractivity contribution in [3.63, 3.8) is 0 Å². The van der Waals surface area contributed by atoms with Gasteiger partial charge in [-0.05, 0) is 27.7 Å². The predicted octanol–water partition coefficient (Wildman–Crippen LogP) is 2.89. The van der Waals surface area contributed by atoms with Crippen LogP contribution in [-0.4, -0.2) is 45.0 Å². The second-order valence-corrected chi connectivity index (χ2v) is 6.82. The normalized spacial score (nSPS) is 22.3. The van der Waals surface area contributed by atoms with Gasteiger partial charge >= 0.3 is 0 Å². The largest absolute Gasteiger partial charge is 0.372 e. The fraction of sp³-hybridized carbons (Fsp3) is 0.706. The average molecular weight is 317 g/mol. The third-order valence-electron chi connectivity index (χ3n) is 4.29. The molecular formula is C17H27N5O. The predicted molar refractivity (Wildman–Crippen MR) is 92.0 cm³/mol. The summed E-state index contributed by atoms with van der Waals surface area (Å²) < 4.78 is 7.90. The lowest BCUT2D eigenvalue weighted by molar-refractivity contribution is -0.00540. The van der Waals surface area contributed by atoms with Gasteiger partial charge in [-0.25, -0.2) is 9.97 Å². The summed E-state index contributed by atoms with van der Waals surface area (Å²) in [5, 5.41) is 4.66. The van der Waals surface area contributed by atoms with Gasteiger partial charge in [-0.1, -0.05) is 13.8 Å². The van der Waals surface area contributed by atoms with Crippen LogP contribution in [0.3, 0.4) is 0 Å². The Balaban J connectivity index is 2.20. The third kappa shape index (κ3) is 2.92. The third-order valence-corrected chi connectivity index (χ3v) is 4.29. The summed E-state index contributed by atoms with van der Waals surface area (Å²) in [6.45, 7) is 15.2. The molecule has 1 saturated heterocycles. The fourth-order valence-electron chi connectivity index (χ4n) is 3.29. The van der Waals surface area contributed by atoms with Crippen molar-refractivity contribution in [3.8, 4) is 0 Å². The summed E-state index contributed by atoms with van der Waals surface area (Å²) in [5.74, 6) is 2.18. The molecule has 23 heavy (non-hydrogen) atoms. The van der Waals surface area contributed by atoms with Crippen LogP contribution in [0.1, 0.15) is 52.1 Å². The van der Waals surface area contributed by atoms with Crippen LogP contribution in [0.4, 0.5) is 5.82 Å². The summed E-state index contributed by atoms with van der Waals surface area (Å²) >= 11 is 0. The van der Waals surface area contributed by atoms with Crippen LogP contribution in [0.5, 0.6) is 0 Å². The molecule has 6 nitrogen and oxygen atoms in total. The van der Waals surface area contributed by atoms with Crippen LogP contribution in [0, 0.1) is 6.92 Å².